The van der Waals surface area contributed by atoms with Gasteiger partial charge in [-0.05, 0) is 49.1 Å². The Kier molecular flexibility index (Phi) is 6.82. The topological polar surface area (TPSA) is 86.0 Å². The van der Waals surface area contributed by atoms with Gasteiger partial charge in [0, 0.05) is 31.2 Å². The smallest absolute Gasteiger partial charge is 0.406 e. The monoisotopic (exact) mass is 478 g/mol. The molecule has 0 bridgehead atoms. The number of hydrogen-bond donors (Lipinski definition) is 0. The molecule has 1 aromatic carbocycles. The van der Waals surface area contributed by atoms with E-state index in [2.05, 4.69) is 31.9 Å². The molecule has 174 valence electrons. The standard InChI is InChI=1S/C21H21F3N6O2S/c1-14-7-11-29(12-8-14)19(31)18-17(13-33-20-25-9-2-10-26-20)30(28-27-18)15-3-5-16(6-4-15)32-21(22,23)24/h2-6,9-10,14H,7-8,11-13H2,1H3. The summed E-state index contributed by atoms with van der Waals surface area (Å²) in [4.78, 5) is 23.3. The number of halogens is 3. The molecule has 4 rings (SSSR count). The van der Waals surface area contributed by atoms with Crippen LogP contribution >= 0.6 is 11.8 Å². The van der Waals surface area contributed by atoms with E-state index in [-0.39, 0.29) is 17.4 Å². The molecule has 1 aliphatic heterocycles. The highest BCUT2D eigenvalue weighted by molar-refractivity contribution is 7.98. The minimum atomic E-state index is -4.78. The van der Waals surface area contributed by atoms with Gasteiger partial charge in [-0.25, -0.2) is 14.6 Å². The van der Waals surface area contributed by atoms with E-state index < -0.39 is 6.36 Å². The molecule has 0 aliphatic carbocycles. The third kappa shape index (κ3) is 5.81. The Morgan fingerprint density at radius 1 is 1.15 bits per heavy atom. The number of benzene rings is 1. The number of carbonyl (C=O) groups excluding carboxylic acids is 1. The fourth-order valence-corrected chi connectivity index (χ4v) is 4.24. The predicted octanol–water partition coefficient (Wildman–Crippen LogP) is 4.12. The Morgan fingerprint density at radius 3 is 2.45 bits per heavy atom. The number of hydrogen-bond acceptors (Lipinski definition) is 7. The second-order valence-corrected chi connectivity index (χ2v) is 8.58. The van der Waals surface area contributed by atoms with Crippen LogP contribution in [0.25, 0.3) is 5.69 Å². The van der Waals surface area contributed by atoms with Crippen LogP contribution in [-0.4, -0.2) is 55.2 Å². The molecule has 0 unspecified atom stereocenters. The maximum Gasteiger partial charge on any atom is 0.573 e. The summed E-state index contributed by atoms with van der Waals surface area (Å²) in [5.41, 5.74) is 1.18. The van der Waals surface area contributed by atoms with Crippen molar-refractivity contribution in [2.24, 2.45) is 5.92 Å². The van der Waals surface area contributed by atoms with E-state index in [9.17, 15) is 18.0 Å². The molecule has 1 fully saturated rings. The van der Waals surface area contributed by atoms with E-state index in [1.165, 1.54) is 40.7 Å². The summed E-state index contributed by atoms with van der Waals surface area (Å²) in [5.74, 6) is 0.296. The molecule has 0 radical (unpaired) electrons. The number of rotatable bonds is 6. The number of ether oxygens (including phenoxy) is 1. The number of piperidine rings is 1. The van der Waals surface area contributed by atoms with Crippen LogP contribution in [-0.2, 0) is 5.75 Å². The Hall–Kier alpha value is -3.15. The van der Waals surface area contributed by atoms with Crippen LogP contribution in [0.1, 0.15) is 35.9 Å². The predicted molar refractivity (Wildman–Crippen MR) is 114 cm³/mol. The Morgan fingerprint density at radius 2 is 1.82 bits per heavy atom. The molecule has 3 aromatic rings. The number of thioether (sulfide) groups is 1. The zero-order valence-electron chi connectivity index (χ0n) is 17.7. The number of alkyl halides is 3. The fraction of sp³-hybridized carbons (Fsp3) is 0.381. The van der Waals surface area contributed by atoms with E-state index in [1.807, 2.05) is 0 Å². The zero-order valence-corrected chi connectivity index (χ0v) is 18.5. The van der Waals surface area contributed by atoms with Crippen molar-refractivity contribution in [1.29, 1.82) is 0 Å². The first kappa shape index (κ1) is 23.0. The highest BCUT2D eigenvalue weighted by Crippen LogP contribution is 2.27. The van der Waals surface area contributed by atoms with E-state index in [4.69, 9.17) is 0 Å². The summed E-state index contributed by atoms with van der Waals surface area (Å²) in [6, 6.07) is 6.94. The van der Waals surface area contributed by atoms with Crippen molar-refractivity contribution >= 4 is 17.7 Å². The Labute approximate surface area is 192 Å². The van der Waals surface area contributed by atoms with Crippen LogP contribution < -0.4 is 4.74 Å². The highest BCUT2D eigenvalue weighted by atomic mass is 32.2. The van der Waals surface area contributed by atoms with Crippen molar-refractivity contribution in [3.8, 4) is 11.4 Å². The molecule has 8 nitrogen and oxygen atoms in total. The average Bonchev–Trinajstić information content (AvgIpc) is 3.22. The van der Waals surface area contributed by atoms with Gasteiger partial charge in [-0.2, -0.15) is 0 Å². The Bertz CT molecular complexity index is 1080. The molecule has 1 saturated heterocycles. The maximum atomic E-state index is 13.2. The van der Waals surface area contributed by atoms with Gasteiger partial charge in [-0.3, -0.25) is 4.79 Å². The first-order valence-electron chi connectivity index (χ1n) is 10.3. The first-order valence-corrected chi connectivity index (χ1v) is 11.3. The SMILES string of the molecule is CC1CCN(C(=O)c2nnn(-c3ccc(OC(F)(F)F)cc3)c2CSc2ncccn2)CC1. The molecule has 0 spiro atoms. The largest absolute Gasteiger partial charge is 0.573 e. The lowest BCUT2D eigenvalue weighted by Gasteiger charge is -2.29. The minimum Gasteiger partial charge on any atom is -0.406 e. The van der Waals surface area contributed by atoms with Gasteiger partial charge in [0.1, 0.15) is 5.75 Å². The fourth-order valence-electron chi connectivity index (χ4n) is 3.45. The van der Waals surface area contributed by atoms with Crippen molar-refractivity contribution in [3.63, 3.8) is 0 Å². The molecule has 33 heavy (non-hydrogen) atoms. The van der Waals surface area contributed by atoms with Crippen LogP contribution in [0.3, 0.4) is 0 Å². The van der Waals surface area contributed by atoms with E-state index >= 15 is 0 Å². The van der Waals surface area contributed by atoms with Crippen LogP contribution in [0, 0.1) is 5.92 Å². The van der Waals surface area contributed by atoms with Gasteiger partial charge in [0.25, 0.3) is 5.91 Å². The van der Waals surface area contributed by atoms with Crippen LogP contribution in [0.15, 0.2) is 47.9 Å². The first-order chi connectivity index (χ1) is 15.8. The molecule has 2 aromatic heterocycles. The molecular weight excluding hydrogens is 457 g/mol. The van der Waals surface area contributed by atoms with Crippen molar-refractivity contribution < 1.29 is 22.7 Å². The third-order valence-electron chi connectivity index (χ3n) is 5.23. The van der Waals surface area contributed by atoms with Gasteiger partial charge in [-0.1, -0.05) is 23.9 Å². The van der Waals surface area contributed by atoms with Crippen molar-refractivity contribution in [2.45, 2.75) is 37.0 Å². The van der Waals surface area contributed by atoms with Gasteiger partial charge in [0.15, 0.2) is 10.9 Å². The van der Waals surface area contributed by atoms with E-state index in [0.717, 1.165) is 12.8 Å². The molecule has 1 aliphatic rings. The Balaban J connectivity index is 1.62. The molecule has 1 amide bonds. The average molecular weight is 479 g/mol. The summed E-state index contributed by atoms with van der Waals surface area (Å²) in [6.07, 6.45) is 0.291. The lowest BCUT2D eigenvalue weighted by molar-refractivity contribution is -0.274. The number of likely N-dealkylation sites (tertiary alicyclic amines) is 1. The highest BCUT2D eigenvalue weighted by Gasteiger charge is 2.31. The van der Waals surface area contributed by atoms with Gasteiger partial charge >= 0.3 is 6.36 Å². The van der Waals surface area contributed by atoms with Gasteiger partial charge in [0.05, 0.1) is 11.4 Å². The second-order valence-electron chi connectivity index (χ2n) is 7.63. The normalized spacial score (nSPS) is 15.0. The molecule has 0 N–H and O–H groups in total. The van der Waals surface area contributed by atoms with Crippen LogP contribution in [0.5, 0.6) is 5.75 Å². The van der Waals surface area contributed by atoms with E-state index in [0.29, 0.717) is 41.3 Å². The summed E-state index contributed by atoms with van der Waals surface area (Å²) < 4.78 is 42.8. The van der Waals surface area contributed by atoms with Gasteiger partial charge in [-0.15, -0.1) is 18.3 Å². The number of nitrogens with zero attached hydrogens (tertiary/aromatic N) is 6. The lowest BCUT2D eigenvalue weighted by Crippen LogP contribution is -2.38. The van der Waals surface area contributed by atoms with Gasteiger partial charge < -0.3 is 9.64 Å². The summed E-state index contributed by atoms with van der Waals surface area (Å²) in [7, 11) is 0. The number of carbonyl (C=O) groups is 1. The van der Waals surface area contributed by atoms with Gasteiger partial charge in [0.2, 0.25) is 0 Å². The minimum absolute atomic E-state index is 0.212. The third-order valence-corrected chi connectivity index (χ3v) is 6.12. The molecule has 12 heteroatoms. The lowest BCUT2D eigenvalue weighted by atomic mass is 9.99. The molecule has 0 saturated carbocycles. The second kappa shape index (κ2) is 9.77. The van der Waals surface area contributed by atoms with Crippen LogP contribution in [0.2, 0.25) is 0 Å². The summed E-state index contributed by atoms with van der Waals surface area (Å²) in [6.45, 7) is 3.45. The maximum absolute atomic E-state index is 13.2. The van der Waals surface area contributed by atoms with Crippen molar-refractivity contribution in [2.75, 3.05) is 13.1 Å². The quantitative estimate of drug-likeness (QED) is 0.389. The summed E-state index contributed by atoms with van der Waals surface area (Å²) in [5, 5.41) is 8.79. The summed E-state index contributed by atoms with van der Waals surface area (Å²) >= 11 is 1.31. The van der Waals surface area contributed by atoms with E-state index in [1.54, 1.807) is 23.4 Å². The molecule has 3 heterocycles. The van der Waals surface area contributed by atoms with Crippen LogP contribution in [0.4, 0.5) is 13.2 Å². The number of amides is 1. The molecule has 0 atom stereocenters. The number of aromatic nitrogens is 5. The van der Waals surface area contributed by atoms with Crippen molar-refractivity contribution in [1.82, 2.24) is 29.9 Å². The zero-order chi connectivity index (χ0) is 23.4. The van der Waals surface area contributed by atoms with Crippen molar-refractivity contribution in [3.05, 3.63) is 54.1 Å². The molecular formula is C21H21F3N6O2S.